The monoisotopic (exact) mass is 351 g/mol. The molecule has 134 valence electrons. The van der Waals surface area contributed by atoms with Crippen LogP contribution < -0.4 is 20.7 Å². The van der Waals surface area contributed by atoms with Gasteiger partial charge >= 0.3 is 6.03 Å². The van der Waals surface area contributed by atoms with Crippen LogP contribution in [0.1, 0.15) is 25.5 Å². The average molecular weight is 351 g/mol. The molecule has 0 radical (unpaired) electrons. The van der Waals surface area contributed by atoms with Crippen molar-refractivity contribution in [1.29, 1.82) is 0 Å². The number of hydrogen-bond donors (Lipinski definition) is 3. The van der Waals surface area contributed by atoms with Gasteiger partial charge in [0.2, 0.25) is 0 Å². The number of carbonyl (C=O) groups is 2. The molecular weight excluding hydrogens is 330 g/mol. The number of allylic oxidation sites excluding steroid dienone is 1. The number of ether oxygens (including phenoxy) is 1. The highest BCUT2D eigenvalue weighted by atomic mass is 16.5. The van der Waals surface area contributed by atoms with Gasteiger partial charge in [0, 0.05) is 11.4 Å². The van der Waals surface area contributed by atoms with Gasteiger partial charge in [-0.2, -0.15) is 0 Å². The molecular formula is C20H21N3O3. The Labute approximate surface area is 152 Å². The third-order valence-corrected chi connectivity index (χ3v) is 4.07. The molecule has 3 rings (SSSR count). The molecule has 0 aromatic heterocycles. The maximum absolute atomic E-state index is 12.9. The smallest absolute Gasteiger partial charge is 0.319 e. The minimum absolute atomic E-state index is 0.264. The standard InChI is InChI=1S/C20H21N3O3/c1-3-26-16-11-9-14(10-12-16)18-17(13(2)21-20(25)23-18)19(24)22-15-7-5-4-6-8-15/h4-12,18H,3H2,1-2H3,(H,22,24)(H2,21,23,25). The summed E-state index contributed by atoms with van der Waals surface area (Å²) in [5, 5.41) is 8.37. The van der Waals surface area contributed by atoms with Gasteiger partial charge in [-0.25, -0.2) is 4.79 Å². The van der Waals surface area contributed by atoms with E-state index >= 15 is 0 Å². The molecule has 2 aromatic rings. The van der Waals surface area contributed by atoms with E-state index in [1.807, 2.05) is 61.5 Å². The molecule has 0 aliphatic carbocycles. The summed E-state index contributed by atoms with van der Waals surface area (Å²) < 4.78 is 5.45. The minimum Gasteiger partial charge on any atom is -0.494 e. The molecule has 3 N–H and O–H groups in total. The van der Waals surface area contributed by atoms with Crippen LogP contribution in [0.3, 0.4) is 0 Å². The largest absolute Gasteiger partial charge is 0.494 e. The molecule has 1 aliphatic rings. The van der Waals surface area contributed by atoms with E-state index in [2.05, 4.69) is 16.0 Å². The van der Waals surface area contributed by atoms with Crippen LogP contribution in [0, 0.1) is 0 Å². The Morgan fingerprint density at radius 2 is 1.81 bits per heavy atom. The van der Waals surface area contributed by atoms with Gasteiger partial charge in [-0.05, 0) is 43.7 Å². The van der Waals surface area contributed by atoms with E-state index in [1.54, 1.807) is 6.92 Å². The first-order valence-electron chi connectivity index (χ1n) is 8.46. The van der Waals surface area contributed by atoms with Gasteiger partial charge in [0.1, 0.15) is 5.75 Å². The van der Waals surface area contributed by atoms with Crippen LogP contribution in [0.25, 0.3) is 0 Å². The summed E-state index contributed by atoms with van der Waals surface area (Å²) in [5.74, 6) is 0.479. The number of rotatable bonds is 5. The molecule has 0 saturated heterocycles. The van der Waals surface area contributed by atoms with Crippen molar-refractivity contribution in [2.45, 2.75) is 19.9 Å². The lowest BCUT2D eigenvalue weighted by atomic mass is 9.94. The molecule has 2 aromatic carbocycles. The summed E-state index contributed by atoms with van der Waals surface area (Å²) in [5.41, 5.74) is 2.50. The first kappa shape index (κ1) is 17.5. The number of para-hydroxylation sites is 1. The van der Waals surface area contributed by atoms with Crippen LogP contribution in [-0.2, 0) is 4.79 Å². The lowest BCUT2D eigenvalue weighted by Gasteiger charge is -2.28. The molecule has 0 fully saturated rings. The van der Waals surface area contributed by atoms with Crippen LogP contribution >= 0.6 is 0 Å². The van der Waals surface area contributed by atoms with E-state index in [9.17, 15) is 9.59 Å². The van der Waals surface area contributed by atoms with Gasteiger partial charge in [-0.3, -0.25) is 4.79 Å². The number of urea groups is 1. The predicted molar refractivity (Wildman–Crippen MR) is 99.8 cm³/mol. The topological polar surface area (TPSA) is 79.5 Å². The molecule has 6 nitrogen and oxygen atoms in total. The number of nitrogens with one attached hydrogen (secondary N) is 3. The molecule has 26 heavy (non-hydrogen) atoms. The van der Waals surface area contributed by atoms with Crippen molar-refractivity contribution in [1.82, 2.24) is 10.6 Å². The first-order valence-corrected chi connectivity index (χ1v) is 8.46. The van der Waals surface area contributed by atoms with Crippen LogP contribution in [0.4, 0.5) is 10.5 Å². The van der Waals surface area contributed by atoms with Crippen molar-refractivity contribution in [2.24, 2.45) is 0 Å². The van der Waals surface area contributed by atoms with Crippen molar-refractivity contribution in [3.8, 4) is 5.75 Å². The van der Waals surface area contributed by atoms with Gasteiger partial charge in [0.25, 0.3) is 5.91 Å². The van der Waals surface area contributed by atoms with Gasteiger partial charge in [0.15, 0.2) is 0 Å². The maximum Gasteiger partial charge on any atom is 0.319 e. The van der Waals surface area contributed by atoms with E-state index in [0.29, 0.717) is 23.6 Å². The first-order chi connectivity index (χ1) is 12.6. The van der Waals surface area contributed by atoms with Gasteiger partial charge in [0.05, 0.1) is 18.2 Å². The highest BCUT2D eigenvalue weighted by Gasteiger charge is 2.31. The Balaban J connectivity index is 1.90. The van der Waals surface area contributed by atoms with Crippen molar-refractivity contribution in [3.63, 3.8) is 0 Å². The van der Waals surface area contributed by atoms with Gasteiger partial charge in [-0.15, -0.1) is 0 Å². The number of carbonyl (C=O) groups excluding carboxylic acids is 2. The maximum atomic E-state index is 12.9. The summed E-state index contributed by atoms with van der Waals surface area (Å²) in [6.45, 7) is 4.21. The van der Waals surface area contributed by atoms with E-state index in [-0.39, 0.29) is 11.9 Å². The second-order valence-electron chi connectivity index (χ2n) is 5.89. The highest BCUT2D eigenvalue weighted by Crippen LogP contribution is 2.29. The Hall–Kier alpha value is -3.28. The summed E-state index contributed by atoms with van der Waals surface area (Å²) >= 11 is 0. The summed E-state index contributed by atoms with van der Waals surface area (Å²) in [4.78, 5) is 24.8. The molecule has 0 spiro atoms. The molecule has 1 atom stereocenters. The Morgan fingerprint density at radius 3 is 2.46 bits per heavy atom. The molecule has 1 unspecified atom stereocenters. The number of anilines is 1. The van der Waals surface area contributed by atoms with Crippen molar-refractivity contribution >= 4 is 17.6 Å². The predicted octanol–water partition coefficient (Wildman–Crippen LogP) is 3.35. The van der Waals surface area contributed by atoms with Crippen LogP contribution in [0.15, 0.2) is 65.9 Å². The molecule has 1 aliphatic heterocycles. The zero-order valence-corrected chi connectivity index (χ0v) is 14.7. The fraction of sp³-hybridized carbons (Fsp3) is 0.200. The van der Waals surface area contributed by atoms with Crippen molar-refractivity contribution in [2.75, 3.05) is 11.9 Å². The Bertz CT molecular complexity index is 829. The molecule has 0 saturated carbocycles. The average Bonchev–Trinajstić information content (AvgIpc) is 2.62. The fourth-order valence-corrected chi connectivity index (χ4v) is 2.89. The third-order valence-electron chi connectivity index (χ3n) is 4.07. The lowest BCUT2D eigenvalue weighted by molar-refractivity contribution is -0.113. The zero-order valence-electron chi connectivity index (χ0n) is 14.7. The van der Waals surface area contributed by atoms with E-state index in [1.165, 1.54) is 0 Å². The molecule has 3 amide bonds. The third kappa shape index (κ3) is 3.85. The van der Waals surface area contributed by atoms with Crippen molar-refractivity contribution in [3.05, 3.63) is 71.4 Å². The Morgan fingerprint density at radius 1 is 1.12 bits per heavy atom. The second kappa shape index (κ2) is 7.74. The van der Waals surface area contributed by atoms with Crippen LogP contribution in [-0.4, -0.2) is 18.5 Å². The van der Waals surface area contributed by atoms with E-state index < -0.39 is 6.04 Å². The van der Waals surface area contributed by atoms with Crippen molar-refractivity contribution < 1.29 is 14.3 Å². The minimum atomic E-state index is -0.539. The fourth-order valence-electron chi connectivity index (χ4n) is 2.89. The molecule has 6 heteroatoms. The Kier molecular flexibility index (Phi) is 5.22. The van der Waals surface area contributed by atoms with Gasteiger partial charge < -0.3 is 20.7 Å². The summed E-state index contributed by atoms with van der Waals surface area (Å²) in [6.07, 6.45) is 0. The van der Waals surface area contributed by atoms with E-state index in [4.69, 9.17) is 4.74 Å². The molecule has 1 heterocycles. The number of amides is 3. The zero-order chi connectivity index (χ0) is 18.5. The van der Waals surface area contributed by atoms with Crippen LogP contribution in [0.5, 0.6) is 5.75 Å². The quantitative estimate of drug-likeness (QED) is 0.773. The van der Waals surface area contributed by atoms with Gasteiger partial charge in [-0.1, -0.05) is 30.3 Å². The van der Waals surface area contributed by atoms with E-state index in [0.717, 1.165) is 11.3 Å². The SMILES string of the molecule is CCOc1ccc(C2NC(=O)NC(C)=C2C(=O)Nc2ccccc2)cc1. The highest BCUT2D eigenvalue weighted by molar-refractivity contribution is 6.06. The lowest BCUT2D eigenvalue weighted by Crippen LogP contribution is -2.45. The summed E-state index contributed by atoms with van der Waals surface area (Å²) in [7, 11) is 0. The molecule has 0 bridgehead atoms. The number of hydrogen-bond acceptors (Lipinski definition) is 3. The normalized spacial score (nSPS) is 16.5. The number of benzene rings is 2. The second-order valence-corrected chi connectivity index (χ2v) is 5.89. The van der Waals surface area contributed by atoms with Crippen LogP contribution in [0.2, 0.25) is 0 Å². The summed E-state index contributed by atoms with van der Waals surface area (Å²) in [6, 6.07) is 15.7.